The lowest BCUT2D eigenvalue weighted by molar-refractivity contribution is 0.0611. The summed E-state index contributed by atoms with van der Waals surface area (Å²) >= 11 is 0. The van der Waals surface area contributed by atoms with Gasteiger partial charge in [-0.3, -0.25) is 4.79 Å². The van der Waals surface area contributed by atoms with Gasteiger partial charge in [-0.05, 0) is 77.4 Å². The van der Waals surface area contributed by atoms with E-state index in [2.05, 4.69) is 0 Å². The number of hydrogen-bond acceptors (Lipinski definition) is 7. The van der Waals surface area contributed by atoms with Crippen molar-refractivity contribution in [1.82, 2.24) is 4.90 Å². The summed E-state index contributed by atoms with van der Waals surface area (Å²) in [5.74, 6) is -4.15. The molecule has 0 heterocycles. The van der Waals surface area contributed by atoms with Crippen molar-refractivity contribution >= 4 is 23.8 Å². The molecular formula is C36H33NO10. The first-order chi connectivity index (χ1) is 22.6. The molecule has 0 aliphatic heterocycles. The van der Waals surface area contributed by atoms with Gasteiger partial charge >= 0.3 is 17.9 Å². The second-order valence-corrected chi connectivity index (χ2v) is 11.0. The van der Waals surface area contributed by atoms with E-state index in [1.54, 1.807) is 17.0 Å². The topological polar surface area (TPSA) is 160 Å². The number of hydrogen-bond donors (Lipinski definition) is 3. The fourth-order valence-electron chi connectivity index (χ4n) is 6.13. The van der Waals surface area contributed by atoms with Crippen LogP contribution in [0.2, 0.25) is 0 Å². The van der Waals surface area contributed by atoms with Crippen molar-refractivity contribution < 1.29 is 48.7 Å². The van der Waals surface area contributed by atoms with Gasteiger partial charge in [-0.1, -0.05) is 42.5 Å². The maximum absolute atomic E-state index is 14.5. The molecule has 0 aromatic heterocycles. The minimum atomic E-state index is -1.62. The summed E-state index contributed by atoms with van der Waals surface area (Å²) in [5, 5.41) is 29.4. The van der Waals surface area contributed by atoms with Gasteiger partial charge < -0.3 is 34.4 Å². The van der Waals surface area contributed by atoms with Crippen molar-refractivity contribution in [3.8, 4) is 28.4 Å². The highest BCUT2D eigenvalue weighted by atomic mass is 16.5. The van der Waals surface area contributed by atoms with Crippen molar-refractivity contribution in [2.45, 2.75) is 31.8 Å². The van der Waals surface area contributed by atoms with Crippen LogP contribution < -0.4 is 14.2 Å². The quantitative estimate of drug-likeness (QED) is 0.173. The van der Waals surface area contributed by atoms with Gasteiger partial charge in [-0.25, -0.2) is 14.4 Å². The molecule has 0 radical (unpaired) electrons. The lowest BCUT2D eigenvalue weighted by Crippen LogP contribution is -2.37. The predicted molar refractivity (Wildman–Crippen MR) is 171 cm³/mol. The molecule has 0 saturated carbocycles. The second-order valence-electron chi connectivity index (χ2n) is 11.0. The Morgan fingerprint density at radius 1 is 0.702 bits per heavy atom. The Morgan fingerprint density at radius 2 is 1.30 bits per heavy atom. The molecule has 5 rings (SSSR count). The number of benzene rings is 4. The normalized spacial score (nSPS) is 13.6. The average Bonchev–Trinajstić information content (AvgIpc) is 3.08. The fraction of sp³-hybridized carbons (Fsp3) is 0.222. The van der Waals surface area contributed by atoms with Crippen LogP contribution in [-0.2, 0) is 13.0 Å². The van der Waals surface area contributed by atoms with Gasteiger partial charge in [0.15, 0.2) is 11.5 Å². The smallest absolute Gasteiger partial charge is 0.336 e. The highest BCUT2D eigenvalue weighted by Crippen LogP contribution is 2.42. The molecular weight excluding hydrogens is 606 g/mol. The SMILES string of the molecule is COc1cc(-c2cccc(CN(C(=O)c3cc(C(=O)O)c(C(=O)O)cc3C(=O)O)[C@H]3CCCc4ccccc43)c2)cc(OC)c1OC. The Kier molecular flexibility index (Phi) is 9.46. The lowest BCUT2D eigenvalue weighted by atomic mass is 9.86. The average molecular weight is 640 g/mol. The predicted octanol–water partition coefficient (Wildman–Crippen LogP) is 6.19. The first kappa shape index (κ1) is 32.6. The summed E-state index contributed by atoms with van der Waals surface area (Å²) < 4.78 is 16.5. The van der Waals surface area contributed by atoms with E-state index in [1.807, 2.05) is 48.5 Å². The maximum atomic E-state index is 14.5. The number of carboxylic acids is 3. The first-order valence-corrected chi connectivity index (χ1v) is 14.7. The zero-order valence-corrected chi connectivity index (χ0v) is 26.0. The van der Waals surface area contributed by atoms with Gasteiger partial charge in [0.1, 0.15) is 0 Å². The summed E-state index contributed by atoms with van der Waals surface area (Å²) in [4.78, 5) is 52.3. The molecule has 11 nitrogen and oxygen atoms in total. The number of aromatic carboxylic acids is 3. The van der Waals surface area contributed by atoms with Crippen LogP contribution >= 0.6 is 0 Å². The Balaban J connectivity index is 1.65. The molecule has 11 heteroatoms. The highest BCUT2D eigenvalue weighted by Gasteiger charge is 2.34. The minimum Gasteiger partial charge on any atom is -0.493 e. The van der Waals surface area contributed by atoms with Crippen molar-refractivity contribution in [2.75, 3.05) is 21.3 Å². The zero-order valence-electron chi connectivity index (χ0n) is 26.0. The maximum Gasteiger partial charge on any atom is 0.336 e. The Labute approximate surface area is 270 Å². The van der Waals surface area contributed by atoms with Crippen molar-refractivity contribution in [1.29, 1.82) is 0 Å². The molecule has 47 heavy (non-hydrogen) atoms. The molecule has 0 spiro atoms. The summed E-state index contributed by atoms with van der Waals surface area (Å²) in [6, 6.07) is 19.9. The van der Waals surface area contributed by atoms with Crippen LogP contribution in [0.4, 0.5) is 0 Å². The van der Waals surface area contributed by atoms with Crippen LogP contribution in [0.1, 0.15) is 77.0 Å². The molecule has 242 valence electrons. The third kappa shape index (κ3) is 6.46. The zero-order chi connectivity index (χ0) is 33.8. The number of carbonyl (C=O) groups is 4. The van der Waals surface area contributed by atoms with Crippen LogP contribution in [0.3, 0.4) is 0 Å². The van der Waals surface area contributed by atoms with Gasteiger partial charge in [0, 0.05) is 6.54 Å². The van der Waals surface area contributed by atoms with Crippen LogP contribution in [0.15, 0.2) is 72.8 Å². The van der Waals surface area contributed by atoms with Crippen molar-refractivity contribution in [2.24, 2.45) is 0 Å². The number of rotatable bonds is 11. The summed E-state index contributed by atoms with van der Waals surface area (Å²) in [6.45, 7) is 0.0399. The monoisotopic (exact) mass is 639 g/mol. The minimum absolute atomic E-state index is 0.0399. The Morgan fingerprint density at radius 3 is 1.89 bits per heavy atom. The van der Waals surface area contributed by atoms with Crippen LogP contribution in [0.25, 0.3) is 11.1 Å². The van der Waals surface area contributed by atoms with E-state index in [4.69, 9.17) is 14.2 Å². The van der Waals surface area contributed by atoms with Gasteiger partial charge in [0.05, 0.1) is 49.6 Å². The van der Waals surface area contributed by atoms with Crippen LogP contribution in [0.5, 0.6) is 17.2 Å². The standard InChI is InChI=1S/C36H33NO10/c1-45-30-15-23(16-31(46-2)32(30)47-3)22-11-6-8-20(14-22)19-37(29-13-7-10-21-9-4-5-12-24(21)29)33(38)25-17-27(35(41)42)28(36(43)44)18-26(25)34(39)40/h4-6,8-9,11-12,14-18,29H,7,10,13,19H2,1-3H3,(H,39,40)(H,41,42)(H,43,44)/t29-/m0/s1. The molecule has 0 saturated heterocycles. The summed E-state index contributed by atoms with van der Waals surface area (Å²) in [5.41, 5.74) is 1.79. The third-order valence-corrected chi connectivity index (χ3v) is 8.33. The molecule has 1 atom stereocenters. The van der Waals surface area contributed by atoms with Gasteiger partial charge in [-0.2, -0.15) is 0 Å². The number of nitrogens with zero attached hydrogens (tertiary/aromatic N) is 1. The number of ether oxygens (including phenoxy) is 3. The lowest BCUT2D eigenvalue weighted by Gasteiger charge is -2.36. The number of carboxylic acid groups (broad SMARTS) is 3. The van der Waals surface area contributed by atoms with Gasteiger partial charge in [0.2, 0.25) is 5.75 Å². The van der Waals surface area contributed by atoms with E-state index in [0.29, 0.717) is 29.2 Å². The molecule has 1 aliphatic rings. The van der Waals surface area contributed by atoms with E-state index >= 15 is 0 Å². The van der Waals surface area contributed by atoms with Crippen molar-refractivity contribution in [3.05, 3.63) is 112 Å². The summed E-state index contributed by atoms with van der Waals surface area (Å²) in [7, 11) is 4.56. The van der Waals surface area contributed by atoms with E-state index in [-0.39, 0.29) is 6.54 Å². The number of amides is 1. The molecule has 0 fully saturated rings. The summed E-state index contributed by atoms with van der Waals surface area (Å²) in [6.07, 6.45) is 2.15. The Bertz CT molecular complexity index is 1860. The van der Waals surface area contributed by atoms with E-state index in [9.17, 15) is 34.5 Å². The largest absolute Gasteiger partial charge is 0.493 e. The van der Waals surface area contributed by atoms with Gasteiger partial charge in [0.25, 0.3) is 5.91 Å². The number of aryl methyl sites for hydroxylation is 1. The molecule has 3 N–H and O–H groups in total. The molecule has 1 aliphatic carbocycles. The molecule has 4 aromatic carbocycles. The number of fused-ring (bicyclic) bond motifs is 1. The number of carbonyl (C=O) groups excluding carboxylic acids is 1. The fourth-order valence-corrected chi connectivity index (χ4v) is 6.13. The highest BCUT2D eigenvalue weighted by molar-refractivity contribution is 6.10. The van der Waals surface area contributed by atoms with Gasteiger partial charge in [-0.15, -0.1) is 0 Å². The van der Waals surface area contributed by atoms with Crippen LogP contribution in [-0.4, -0.2) is 65.4 Å². The number of methoxy groups -OCH3 is 3. The molecule has 4 aromatic rings. The third-order valence-electron chi connectivity index (χ3n) is 8.33. The molecule has 0 unspecified atom stereocenters. The first-order valence-electron chi connectivity index (χ1n) is 14.7. The second kappa shape index (κ2) is 13.7. The Hall–Kier alpha value is -5.84. The molecule has 1 amide bonds. The van der Waals surface area contributed by atoms with E-state index in [1.165, 1.54) is 21.3 Å². The van der Waals surface area contributed by atoms with E-state index < -0.39 is 52.1 Å². The van der Waals surface area contributed by atoms with E-state index in [0.717, 1.165) is 47.2 Å². The van der Waals surface area contributed by atoms with Crippen molar-refractivity contribution in [3.63, 3.8) is 0 Å². The van der Waals surface area contributed by atoms with Crippen LogP contribution in [0, 0.1) is 0 Å². The molecule has 0 bridgehead atoms.